The molecule has 9 nitrogen and oxygen atoms in total. The van der Waals surface area contributed by atoms with Crippen molar-refractivity contribution in [3.05, 3.63) is 29.8 Å². The number of benzene rings is 1. The smallest absolute Gasteiger partial charge is 0.326 e. The fourth-order valence-electron chi connectivity index (χ4n) is 5.16. The van der Waals surface area contributed by atoms with Gasteiger partial charge in [-0.2, -0.15) is 4.31 Å². The van der Waals surface area contributed by atoms with E-state index in [9.17, 15) is 22.8 Å². The summed E-state index contributed by atoms with van der Waals surface area (Å²) < 4.78 is 33.2. The topological polar surface area (TPSA) is 113 Å². The van der Waals surface area contributed by atoms with E-state index in [0.29, 0.717) is 0 Å². The third-order valence-corrected chi connectivity index (χ3v) is 9.15. The van der Waals surface area contributed by atoms with Crippen LogP contribution in [0.2, 0.25) is 0 Å². The number of methoxy groups -OCH3 is 1. The number of carbonyl (C=O) groups excluding carboxylic acids is 3. The lowest BCUT2D eigenvalue weighted by molar-refractivity contribution is -0.154. The van der Waals surface area contributed by atoms with Crippen molar-refractivity contribution in [1.82, 2.24) is 14.5 Å². The second kappa shape index (κ2) is 9.05. The lowest BCUT2D eigenvalue weighted by Gasteiger charge is -2.31. The predicted octanol–water partition coefficient (Wildman–Crippen LogP) is 1.52. The highest BCUT2D eigenvalue weighted by Crippen LogP contribution is 2.45. The van der Waals surface area contributed by atoms with E-state index >= 15 is 0 Å². The van der Waals surface area contributed by atoms with Crippen LogP contribution in [-0.4, -0.2) is 74.2 Å². The van der Waals surface area contributed by atoms with E-state index in [1.807, 2.05) is 0 Å². The molecule has 0 unspecified atom stereocenters. The highest BCUT2D eigenvalue weighted by Gasteiger charge is 2.67. The number of hydrogen-bond acceptors (Lipinski definition) is 7. The van der Waals surface area contributed by atoms with E-state index in [2.05, 4.69) is 26.1 Å². The zero-order valence-electron chi connectivity index (χ0n) is 20.9. The quantitative estimate of drug-likeness (QED) is 0.453. The first-order valence-electron chi connectivity index (χ1n) is 11.5. The summed E-state index contributed by atoms with van der Waals surface area (Å²) in [4.78, 5) is 39.9. The van der Waals surface area contributed by atoms with Crippen LogP contribution in [-0.2, 0) is 34.6 Å². The first kappa shape index (κ1) is 26.3. The lowest BCUT2D eigenvalue weighted by atomic mass is 9.78. The summed E-state index contributed by atoms with van der Waals surface area (Å²) in [6.07, 6.45) is 0.220. The zero-order valence-corrected chi connectivity index (χ0v) is 21.7. The summed E-state index contributed by atoms with van der Waals surface area (Å²) in [6, 6.07) is 6.06. The van der Waals surface area contributed by atoms with E-state index in [1.165, 1.54) is 18.5 Å². The van der Waals surface area contributed by atoms with Crippen LogP contribution >= 0.6 is 0 Å². The summed E-state index contributed by atoms with van der Waals surface area (Å²) in [5.41, 5.74) is -0.494. The van der Waals surface area contributed by atoms with E-state index in [0.717, 1.165) is 10.5 Å². The van der Waals surface area contributed by atoms with Crippen molar-refractivity contribution in [2.24, 2.45) is 11.8 Å². The maximum atomic E-state index is 13.5. The van der Waals surface area contributed by atoms with Crippen molar-refractivity contribution in [2.45, 2.75) is 62.9 Å². The molecule has 0 radical (unpaired) electrons. The van der Waals surface area contributed by atoms with Gasteiger partial charge in [-0.3, -0.25) is 24.6 Å². The van der Waals surface area contributed by atoms with Gasteiger partial charge in [-0.1, -0.05) is 46.8 Å². The van der Waals surface area contributed by atoms with Gasteiger partial charge in [-0.05, 0) is 29.5 Å². The van der Waals surface area contributed by atoms with Gasteiger partial charge in [0.15, 0.2) is 0 Å². The van der Waals surface area contributed by atoms with Crippen molar-refractivity contribution in [3.63, 3.8) is 0 Å². The van der Waals surface area contributed by atoms with Gasteiger partial charge < -0.3 is 4.74 Å². The molecule has 1 aromatic rings. The number of amides is 2. The Bertz CT molecular complexity index is 1080. The molecule has 2 amide bonds. The van der Waals surface area contributed by atoms with Gasteiger partial charge >= 0.3 is 5.97 Å². The molecule has 3 rings (SSSR count). The Morgan fingerprint density at radius 2 is 1.74 bits per heavy atom. The number of hydrogen-bond donors (Lipinski definition) is 1. The Morgan fingerprint density at radius 1 is 1.15 bits per heavy atom. The van der Waals surface area contributed by atoms with Crippen molar-refractivity contribution in [3.8, 4) is 0 Å². The molecule has 2 fully saturated rings. The van der Waals surface area contributed by atoms with Crippen molar-refractivity contribution in [2.75, 3.05) is 27.2 Å². The molecule has 2 heterocycles. The Kier molecular flexibility index (Phi) is 7.00. The van der Waals surface area contributed by atoms with Crippen molar-refractivity contribution >= 4 is 27.8 Å². The molecule has 2 aliphatic heterocycles. The molecule has 34 heavy (non-hydrogen) atoms. The van der Waals surface area contributed by atoms with Gasteiger partial charge in [0.05, 0.1) is 23.8 Å². The fourth-order valence-corrected chi connectivity index (χ4v) is 6.63. The standard InChI is InChI=1S/C24H35N3O6S/c1-8-24(22(30)33-7)19-18(20(28)26(6)21(19)29)17(25-24)14-27(9-2)34(31,32)16-12-10-15(11-13-16)23(3,4)5/h10-13,17-19,25H,8-9,14H2,1-7H3/t17-,18+,19-,24-/m1/s1. The summed E-state index contributed by atoms with van der Waals surface area (Å²) in [5, 5.41) is 3.16. The molecule has 0 aromatic heterocycles. The number of nitrogens with one attached hydrogen (secondary N) is 1. The van der Waals surface area contributed by atoms with Crippen LogP contribution in [0.1, 0.15) is 46.6 Å². The molecule has 0 bridgehead atoms. The minimum atomic E-state index is -3.88. The van der Waals surface area contributed by atoms with Crippen molar-refractivity contribution in [1.29, 1.82) is 0 Å². The Labute approximate surface area is 201 Å². The molecule has 0 saturated carbocycles. The number of fused-ring (bicyclic) bond motifs is 1. The highest BCUT2D eigenvalue weighted by atomic mass is 32.2. The number of likely N-dealkylation sites (tertiary alicyclic amines) is 1. The highest BCUT2D eigenvalue weighted by molar-refractivity contribution is 7.89. The molecule has 1 N–H and O–H groups in total. The predicted molar refractivity (Wildman–Crippen MR) is 126 cm³/mol. The van der Waals surface area contributed by atoms with Gasteiger partial charge in [-0.25, -0.2) is 8.42 Å². The second-order valence-electron chi connectivity index (χ2n) is 10.0. The number of imide groups is 1. The van der Waals surface area contributed by atoms with Crippen LogP contribution in [0.15, 0.2) is 29.2 Å². The summed E-state index contributed by atoms with van der Waals surface area (Å²) >= 11 is 0. The Balaban J connectivity index is 1.97. The molecular formula is C24H35N3O6S. The van der Waals surface area contributed by atoms with Gasteiger partial charge in [0.2, 0.25) is 21.8 Å². The Hall–Kier alpha value is -2.30. The average Bonchev–Trinajstić information content (AvgIpc) is 3.25. The summed E-state index contributed by atoms with van der Waals surface area (Å²) in [6.45, 7) is 9.71. The minimum Gasteiger partial charge on any atom is -0.468 e. The first-order chi connectivity index (χ1) is 15.8. The molecule has 10 heteroatoms. The van der Waals surface area contributed by atoms with Crippen molar-refractivity contribution < 1.29 is 27.5 Å². The van der Waals surface area contributed by atoms with Crippen LogP contribution in [0.5, 0.6) is 0 Å². The number of likely N-dealkylation sites (N-methyl/N-ethyl adjacent to an activating group) is 1. The summed E-state index contributed by atoms with van der Waals surface area (Å²) in [7, 11) is -1.25. The minimum absolute atomic E-state index is 0.0629. The zero-order chi connectivity index (χ0) is 25.6. The number of nitrogens with zero attached hydrogens (tertiary/aromatic N) is 2. The molecule has 0 spiro atoms. The number of rotatable bonds is 7. The van der Waals surface area contributed by atoms with Crippen LogP contribution in [0, 0.1) is 11.8 Å². The summed E-state index contributed by atoms with van der Waals surface area (Å²) in [5.74, 6) is -3.31. The first-order valence-corrected chi connectivity index (χ1v) is 13.0. The van der Waals surface area contributed by atoms with Crippen LogP contribution in [0.25, 0.3) is 0 Å². The third-order valence-electron chi connectivity index (χ3n) is 7.20. The van der Waals surface area contributed by atoms with E-state index in [4.69, 9.17) is 4.74 Å². The number of sulfonamides is 1. The monoisotopic (exact) mass is 493 g/mol. The second-order valence-corrected chi connectivity index (χ2v) is 12.0. The van der Waals surface area contributed by atoms with Gasteiger partial charge in [0.25, 0.3) is 0 Å². The average molecular weight is 494 g/mol. The third kappa shape index (κ3) is 4.05. The molecule has 4 atom stereocenters. The largest absolute Gasteiger partial charge is 0.468 e. The SMILES string of the molecule is CCN(C[C@H]1N[C@@](CC)(C(=O)OC)[C@H]2C(=O)N(C)C(=O)[C@@H]12)S(=O)(=O)c1ccc(C(C)(C)C)cc1. The number of carbonyl (C=O) groups is 3. The maximum Gasteiger partial charge on any atom is 0.326 e. The van der Waals surface area contributed by atoms with E-state index in [-0.39, 0.29) is 29.8 Å². The molecule has 2 aliphatic rings. The van der Waals surface area contributed by atoms with Crippen LogP contribution < -0.4 is 5.32 Å². The van der Waals surface area contributed by atoms with Crippen LogP contribution in [0.4, 0.5) is 0 Å². The van der Waals surface area contributed by atoms with E-state index < -0.39 is 51.2 Å². The number of ether oxygens (including phenoxy) is 1. The van der Waals surface area contributed by atoms with Gasteiger partial charge in [-0.15, -0.1) is 0 Å². The normalized spacial score (nSPS) is 27.4. The maximum absolute atomic E-state index is 13.5. The Morgan fingerprint density at radius 3 is 2.21 bits per heavy atom. The van der Waals surface area contributed by atoms with Gasteiger partial charge in [0, 0.05) is 26.2 Å². The fraction of sp³-hybridized carbons (Fsp3) is 0.625. The molecular weight excluding hydrogens is 458 g/mol. The lowest BCUT2D eigenvalue weighted by Crippen LogP contribution is -2.58. The van der Waals surface area contributed by atoms with Crippen LogP contribution in [0.3, 0.4) is 0 Å². The molecule has 188 valence electrons. The molecule has 2 saturated heterocycles. The van der Waals surface area contributed by atoms with Gasteiger partial charge in [0.1, 0.15) is 5.54 Å². The number of esters is 1. The molecule has 0 aliphatic carbocycles. The van der Waals surface area contributed by atoms with E-state index in [1.54, 1.807) is 38.1 Å². The molecule has 1 aromatic carbocycles.